The average molecular weight is 480 g/mol. The number of fused-ring (bicyclic) bond motifs is 6. The number of ketones is 1. The molecule has 8 atom stereocenters. The van der Waals surface area contributed by atoms with Crippen molar-refractivity contribution in [2.24, 2.45) is 35.0 Å². The fourth-order valence-electron chi connectivity index (χ4n) is 8.90. The number of aliphatic hydroxyl groups is 1. The van der Waals surface area contributed by atoms with Gasteiger partial charge in [0, 0.05) is 23.6 Å². The molecular formula is C30H38FNO3. The minimum absolute atomic E-state index is 0.00703. The summed E-state index contributed by atoms with van der Waals surface area (Å²) in [5, 5.41) is 11.6. The molecule has 5 heteroatoms. The van der Waals surface area contributed by atoms with Crippen molar-refractivity contribution in [1.82, 2.24) is 4.98 Å². The molecule has 4 fully saturated rings. The van der Waals surface area contributed by atoms with E-state index < -0.39 is 11.3 Å². The highest BCUT2D eigenvalue weighted by atomic mass is 19.1. The van der Waals surface area contributed by atoms with E-state index in [9.17, 15) is 9.90 Å². The number of Topliss-reactive ketones (excluding diaryl/α,β-unsaturated/α-hetero) is 1. The number of rotatable bonds is 4. The van der Waals surface area contributed by atoms with Gasteiger partial charge < -0.3 is 9.84 Å². The molecule has 4 aliphatic rings. The Morgan fingerprint density at radius 3 is 2.80 bits per heavy atom. The maximum absolute atomic E-state index is 16.6. The monoisotopic (exact) mass is 479 g/mol. The Labute approximate surface area is 207 Å². The van der Waals surface area contributed by atoms with Crippen LogP contribution in [0.25, 0.3) is 10.9 Å². The second-order valence-electron chi connectivity index (χ2n) is 12.6. The van der Waals surface area contributed by atoms with Gasteiger partial charge in [0.15, 0.2) is 5.78 Å². The Hall–Kier alpha value is -2.01. The molecule has 1 aromatic heterocycles. The molecule has 1 aromatic carbocycles. The molecule has 0 spiro atoms. The van der Waals surface area contributed by atoms with Crippen LogP contribution in [0.4, 0.5) is 4.39 Å². The second-order valence-corrected chi connectivity index (χ2v) is 12.6. The maximum Gasteiger partial charge on any atom is 0.173 e. The Balaban J connectivity index is 1.15. The first kappa shape index (κ1) is 23.4. The zero-order valence-electron chi connectivity index (χ0n) is 21.0. The largest absolute Gasteiger partial charge is 0.486 e. The third-order valence-electron chi connectivity index (χ3n) is 10.7. The lowest BCUT2D eigenvalue weighted by Gasteiger charge is -2.59. The summed E-state index contributed by atoms with van der Waals surface area (Å²) in [6.45, 7) is 4.26. The highest BCUT2D eigenvalue weighted by Crippen LogP contribution is 2.66. The SMILES string of the molecule is C[C@@]1(O)CC[C@@]2(F)[C@H](CC[C@H]3[C@@H]4CC[C@H](C(=O)COc5ccc6cccnc6c5)[C@@]4(C)CC[C@@H]32)C1. The lowest BCUT2D eigenvalue weighted by atomic mass is 9.48. The van der Waals surface area contributed by atoms with E-state index in [0.29, 0.717) is 36.8 Å². The summed E-state index contributed by atoms with van der Waals surface area (Å²) < 4.78 is 22.5. The van der Waals surface area contributed by atoms with Crippen molar-refractivity contribution in [3.05, 3.63) is 36.5 Å². The second kappa shape index (κ2) is 8.26. The molecule has 6 rings (SSSR count). The molecule has 4 saturated carbocycles. The van der Waals surface area contributed by atoms with E-state index in [-0.39, 0.29) is 35.6 Å². The number of carbonyl (C=O) groups is 1. The Kier molecular flexibility index (Phi) is 5.52. The topological polar surface area (TPSA) is 59.4 Å². The number of nitrogens with zero attached hydrogens (tertiary/aromatic N) is 1. The molecule has 35 heavy (non-hydrogen) atoms. The highest BCUT2D eigenvalue weighted by Gasteiger charge is 2.63. The Morgan fingerprint density at radius 1 is 1.09 bits per heavy atom. The van der Waals surface area contributed by atoms with Crippen molar-refractivity contribution >= 4 is 16.7 Å². The van der Waals surface area contributed by atoms with Gasteiger partial charge in [0.25, 0.3) is 0 Å². The molecule has 0 amide bonds. The molecule has 0 unspecified atom stereocenters. The van der Waals surface area contributed by atoms with Crippen LogP contribution in [-0.2, 0) is 4.79 Å². The number of aromatic nitrogens is 1. The van der Waals surface area contributed by atoms with E-state index in [4.69, 9.17) is 4.74 Å². The van der Waals surface area contributed by atoms with Crippen molar-refractivity contribution < 1.29 is 19.0 Å². The normalized spacial score (nSPS) is 42.7. The number of alkyl halides is 1. The minimum Gasteiger partial charge on any atom is -0.486 e. The van der Waals surface area contributed by atoms with Crippen molar-refractivity contribution in [3.8, 4) is 5.75 Å². The van der Waals surface area contributed by atoms with E-state index in [1.54, 1.807) is 6.20 Å². The molecule has 1 N–H and O–H groups in total. The van der Waals surface area contributed by atoms with E-state index in [2.05, 4.69) is 11.9 Å². The van der Waals surface area contributed by atoms with Crippen LogP contribution in [0.1, 0.15) is 71.6 Å². The number of halogens is 1. The zero-order valence-corrected chi connectivity index (χ0v) is 21.0. The van der Waals surface area contributed by atoms with Gasteiger partial charge in [0.2, 0.25) is 0 Å². The van der Waals surface area contributed by atoms with Gasteiger partial charge in [-0.25, -0.2) is 4.39 Å². The summed E-state index contributed by atoms with van der Waals surface area (Å²) >= 11 is 0. The summed E-state index contributed by atoms with van der Waals surface area (Å²) in [6.07, 6.45) is 9.03. The zero-order chi connectivity index (χ0) is 24.4. The summed E-state index contributed by atoms with van der Waals surface area (Å²) in [6, 6.07) is 9.70. The van der Waals surface area contributed by atoms with E-state index >= 15 is 4.39 Å². The smallest absolute Gasteiger partial charge is 0.173 e. The lowest BCUT2D eigenvalue weighted by molar-refractivity contribution is -0.166. The van der Waals surface area contributed by atoms with Gasteiger partial charge in [0.1, 0.15) is 18.0 Å². The molecule has 0 saturated heterocycles. The number of ether oxygens (including phenoxy) is 1. The summed E-state index contributed by atoms with van der Waals surface area (Å²) in [7, 11) is 0. The first-order valence-electron chi connectivity index (χ1n) is 13.6. The first-order valence-corrected chi connectivity index (χ1v) is 13.6. The van der Waals surface area contributed by atoms with Crippen LogP contribution in [0.3, 0.4) is 0 Å². The standard InChI is InChI=1S/C30H38FNO3/c1-28(34)13-14-30(31)20(17-28)6-8-22-23-9-10-25(29(23,2)12-11-24(22)30)27(33)18-35-21-7-5-19-4-3-15-32-26(19)16-21/h3-5,7,15-16,20,22-25,34H,6,8-14,17-18H2,1-2H3/t20-,22+,23+,24+,25-,28-,29+,30-/m1/s1. The van der Waals surface area contributed by atoms with Crippen LogP contribution in [0.15, 0.2) is 36.5 Å². The number of benzene rings is 1. The molecule has 0 aliphatic heterocycles. The van der Waals surface area contributed by atoms with Crippen LogP contribution in [0.2, 0.25) is 0 Å². The molecule has 4 nitrogen and oxygen atoms in total. The first-order chi connectivity index (χ1) is 16.7. The maximum atomic E-state index is 16.6. The predicted octanol–water partition coefficient (Wildman–Crippen LogP) is 6.29. The minimum atomic E-state index is -1.14. The van der Waals surface area contributed by atoms with Crippen molar-refractivity contribution in [2.75, 3.05) is 6.61 Å². The van der Waals surface area contributed by atoms with Crippen LogP contribution in [0, 0.1) is 35.0 Å². The fraction of sp³-hybridized carbons (Fsp3) is 0.667. The molecule has 0 bridgehead atoms. The van der Waals surface area contributed by atoms with Crippen LogP contribution in [-0.4, -0.2) is 33.8 Å². The Bertz CT molecular complexity index is 1130. The molecule has 4 aliphatic carbocycles. The quantitative estimate of drug-likeness (QED) is 0.559. The average Bonchev–Trinajstić information content (AvgIpc) is 3.20. The van der Waals surface area contributed by atoms with Gasteiger partial charge in [-0.05, 0) is 112 Å². The number of carbonyl (C=O) groups excluding carboxylic acids is 1. The van der Waals surface area contributed by atoms with Crippen molar-refractivity contribution in [2.45, 2.75) is 82.9 Å². The van der Waals surface area contributed by atoms with E-state index in [1.807, 2.05) is 37.3 Å². The van der Waals surface area contributed by atoms with Gasteiger partial charge in [-0.3, -0.25) is 9.78 Å². The molecule has 188 valence electrons. The van der Waals surface area contributed by atoms with Crippen LogP contribution < -0.4 is 4.74 Å². The summed E-state index contributed by atoms with van der Waals surface area (Å²) in [5.41, 5.74) is -1.05. The van der Waals surface area contributed by atoms with E-state index in [1.165, 1.54) is 0 Å². The molecular weight excluding hydrogens is 441 g/mol. The van der Waals surface area contributed by atoms with Gasteiger partial charge in [-0.15, -0.1) is 0 Å². The number of hydrogen-bond donors (Lipinski definition) is 1. The fourth-order valence-corrected chi connectivity index (χ4v) is 8.90. The van der Waals surface area contributed by atoms with Crippen LogP contribution >= 0.6 is 0 Å². The van der Waals surface area contributed by atoms with Crippen molar-refractivity contribution in [1.29, 1.82) is 0 Å². The molecule has 2 aromatic rings. The molecule has 0 radical (unpaired) electrons. The summed E-state index contributed by atoms with van der Waals surface area (Å²) in [4.78, 5) is 17.8. The number of pyridine rings is 1. The lowest BCUT2D eigenvalue weighted by Crippen LogP contribution is -2.58. The highest BCUT2D eigenvalue weighted by molar-refractivity contribution is 5.84. The predicted molar refractivity (Wildman–Crippen MR) is 134 cm³/mol. The van der Waals surface area contributed by atoms with E-state index in [0.717, 1.165) is 49.4 Å². The van der Waals surface area contributed by atoms with Gasteiger partial charge in [-0.1, -0.05) is 13.0 Å². The van der Waals surface area contributed by atoms with Crippen molar-refractivity contribution in [3.63, 3.8) is 0 Å². The third kappa shape index (κ3) is 3.80. The van der Waals surface area contributed by atoms with Gasteiger partial charge >= 0.3 is 0 Å². The Morgan fingerprint density at radius 2 is 1.94 bits per heavy atom. The summed E-state index contributed by atoms with van der Waals surface area (Å²) in [5.74, 6) is 1.71. The van der Waals surface area contributed by atoms with Gasteiger partial charge in [0.05, 0.1) is 11.1 Å². The van der Waals surface area contributed by atoms with Crippen LogP contribution in [0.5, 0.6) is 5.75 Å². The molecule has 1 heterocycles. The third-order valence-corrected chi connectivity index (χ3v) is 10.7. The number of hydrogen-bond acceptors (Lipinski definition) is 4. The van der Waals surface area contributed by atoms with Gasteiger partial charge in [-0.2, -0.15) is 0 Å².